The number of fused-ring (bicyclic) bond motifs is 1. The average Bonchev–Trinajstić information content (AvgIpc) is 3.38. The zero-order valence-electron chi connectivity index (χ0n) is 16.9. The minimum Gasteiger partial charge on any atom is -0.444 e. The molecule has 5 nitrogen and oxygen atoms in total. The molecule has 0 amide bonds. The van der Waals surface area contributed by atoms with Crippen molar-refractivity contribution in [2.24, 2.45) is 0 Å². The summed E-state index contributed by atoms with van der Waals surface area (Å²) in [7, 11) is 0. The summed E-state index contributed by atoms with van der Waals surface area (Å²) in [5, 5.41) is 2.41. The highest BCUT2D eigenvalue weighted by atomic mass is 32.1. The first-order valence-electron chi connectivity index (χ1n) is 9.74. The Morgan fingerprint density at radius 3 is 2.68 bits per heavy atom. The Morgan fingerprint density at radius 2 is 1.90 bits per heavy atom. The normalized spacial score (nSPS) is 11.3. The third-order valence-corrected chi connectivity index (χ3v) is 6.10. The highest BCUT2D eigenvalue weighted by Crippen LogP contribution is 2.31. The lowest BCUT2D eigenvalue weighted by Gasteiger charge is -2.04. The lowest BCUT2D eigenvalue weighted by Crippen LogP contribution is -2.21. The van der Waals surface area contributed by atoms with Gasteiger partial charge in [0.25, 0.3) is 5.56 Å². The highest BCUT2D eigenvalue weighted by molar-refractivity contribution is 7.17. The molecule has 0 radical (unpaired) electrons. The fourth-order valence-corrected chi connectivity index (χ4v) is 4.56. The number of hydrogen-bond acceptors (Lipinski definition) is 5. The van der Waals surface area contributed by atoms with E-state index in [-0.39, 0.29) is 17.9 Å². The maximum atomic E-state index is 13.3. The fraction of sp³-hybridized carbons (Fsp3) is 0.125. The van der Waals surface area contributed by atoms with Gasteiger partial charge in [0.15, 0.2) is 0 Å². The standard InChI is InChI=1S/C24H18FN3O2S/c1-14-3-8-19(15(2)9-14)22-27-18(11-30-22)10-28-13-26-23-21(24(28)29)20(12-31-23)16-4-6-17(25)7-5-16/h3-9,11-13H,10H2,1-2H3. The van der Waals surface area contributed by atoms with E-state index in [1.165, 1.54) is 39.9 Å². The molecule has 0 saturated carbocycles. The Labute approximate surface area is 181 Å². The smallest absolute Gasteiger partial charge is 0.263 e. The number of halogens is 1. The van der Waals surface area contributed by atoms with Crippen LogP contribution >= 0.6 is 11.3 Å². The Morgan fingerprint density at radius 1 is 1.10 bits per heavy atom. The maximum Gasteiger partial charge on any atom is 0.263 e. The van der Waals surface area contributed by atoms with Gasteiger partial charge in [-0.25, -0.2) is 14.4 Å². The van der Waals surface area contributed by atoms with Crippen molar-refractivity contribution in [1.82, 2.24) is 14.5 Å². The van der Waals surface area contributed by atoms with Gasteiger partial charge in [-0.15, -0.1) is 11.3 Å². The first-order valence-corrected chi connectivity index (χ1v) is 10.6. The molecule has 3 heterocycles. The molecule has 3 aromatic heterocycles. The number of benzene rings is 2. The van der Waals surface area contributed by atoms with Gasteiger partial charge in [-0.2, -0.15) is 0 Å². The largest absolute Gasteiger partial charge is 0.444 e. The molecule has 0 aliphatic heterocycles. The van der Waals surface area contributed by atoms with Gasteiger partial charge >= 0.3 is 0 Å². The zero-order valence-corrected chi connectivity index (χ0v) is 17.7. The van der Waals surface area contributed by atoms with Crippen LogP contribution in [0.4, 0.5) is 4.39 Å². The van der Waals surface area contributed by atoms with E-state index in [0.717, 1.165) is 22.3 Å². The number of hydrogen-bond donors (Lipinski definition) is 0. The molecule has 0 spiro atoms. The van der Waals surface area contributed by atoms with Crippen LogP contribution in [-0.2, 0) is 6.54 Å². The van der Waals surface area contributed by atoms with E-state index in [4.69, 9.17) is 4.42 Å². The Bertz CT molecular complexity index is 1460. The molecule has 0 bridgehead atoms. The van der Waals surface area contributed by atoms with Crippen LogP contribution in [0.15, 0.2) is 69.6 Å². The van der Waals surface area contributed by atoms with Crippen LogP contribution in [0.3, 0.4) is 0 Å². The van der Waals surface area contributed by atoms with Crippen molar-refractivity contribution in [3.05, 3.63) is 93.4 Å². The van der Waals surface area contributed by atoms with E-state index in [1.807, 2.05) is 31.4 Å². The molecule has 2 aromatic carbocycles. The Hall–Kier alpha value is -3.58. The Kier molecular flexibility index (Phi) is 4.75. The second-order valence-electron chi connectivity index (χ2n) is 7.48. The van der Waals surface area contributed by atoms with E-state index in [0.29, 0.717) is 21.8 Å². The minimum atomic E-state index is -0.315. The molecule has 0 aliphatic carbocycles. The lowest BCUT2D eigenvalue weighted by molar-refractivity contribution is 0.570. The van der Waals surface area contributed by atoms with Crippen molar-refractivity contribution in [3.63, 3.8) is 0 Å². The van der Waals surface area contributed by atoms with E-state index in [9.17, 15) is 9.18 Å². The number of thiophene rings is 1. The average molecular weight is 431 g/mol. The third kappa shape index (κ3) is 3.57. The third-order valence-electron chi connectivity index (χ3n) is 5.21. The summed E-state index contributed by atoms with van der Waals surface area (Å²) >= 11 is 1.39. The molecule has 0 atom stereocenters. The molecule has 5 rings (SSSR count). The molecule has 0 aliphatic rings. The van der Waals surface area contributed by atoms with Gasteiger partial charge < -0.3 is 4.42 Å². The lowest BCUT2D eigenvalue weighted by atomic mass is 10.1. The van der Waals surface area contributed by atoms with Crippen molar-refractivity contribution in [1.29, 1.82) is 0 Å². The molecule has 0 N–H and O–H groups in total. The molecule has 154 valence electrons. The monoisotopic (exact) mass is 431 g/mol. The van der Waals surface area contributed by atoms with Crippen LogP contribution in [0.25, 0.3) is 32.8 Å². The van der Waals surface area contributed by atoms with Crippen LogP contribution in [0.1, 0.15) is 16.8 Å². The predicted octanol–water partition coefficient (Wildman–Crippen LogP) is 5.58. The quantitative estimate of drug-likeness (QED) is 0.372. The van der Waals surface area contributed by atoms with Gasteiger partial charge in [-0.3, -0.25) is 9.36 Å². The SMILES string of the molecule is Cc1ccc(-c2nc(Cn3cnc4scc(-c5ccc(F)cc5)c4c3=O)co2)c(C)c1. The minimum absolute atomic E-state index is 0.165. The summed E-state index contributed by atoms with van der Waals surface area (Å²) in [6.45, 7) is 4.30. The number of oxazole rings is 1. The maximum absolute atomic E-state index is 13.3. The van der Waals surface area contributed by atoms with Crippen LogP contribution in [0.5, 0.6) is 0 Å². The number of rotatable bonds is 4. The molecule has 0 fully saturated rings. The van der Waals surface area contributed by atoms with Crippen molar-refractivity contribution in [2.75, 3.05) is 0 Å². The van der Waals surface area contributed by atoms with E-state index in [1.54, 1.807) is 18.4 Å². The first kappa shape index (κ1) is 19.4. The fourth-order valence-electron chi connectivity index (χ4n) is 3.65. The van der Waals surface area contributed by atoms with Gasteiger partial charge in [0, 0.05) is 16.5 Å². The van der Waals surface area contributed by atoms with Gasteiger partial charge in [0.2, 0.25) is 5.89 Å². The summed E-state index contributed by atoms with van der Waals surface area (Å²) in [6, 6.07) is 12.2. The molecule has 0 saturated heterocycles. The number of aromatic nitrogens is 3. The Balaban J connectivity index is 1.51. The highest BCUT2D eigenvalue weighted by Gasteiger charge is 2.15. The predicted molar refractivity (Wildman–Crippen MR) is 120 cm³/mol. The molecule has 0 unspecified atom stereocenters. The summed E-state index contributed by atoms with van der Waals surface area (Å²) < 4.78 is 20.5. The molecular formula is C24H18FN3O2S. The topological polar surface area (TPSA) is 60.9 Å². The number of aryl methyl sites for hydroxylation is 2. The summed E-state index contributed by atoms with van der Waals surface area (Å²) in [6.07, 6.45) is 3.10. The number of nitrogens with zero attached hydrogens (tertiary/aromatic N) is 3. The van der Waals surface area contributed by atoms with Crippen molar-refractivity contribution in [2.45, 2.75) is 20.4 Å². The van der Waals surface area contributed by atoms with Crippen LogP contribution < -0.4 is 5.56 Å². The zero-order chi connectivity index (χ0) is 21.5. The second-order valence-corrected chi connectivity index (χ2v) is 8.33. The first-order chi connectivity index (χ1) is 15.0. The van der Waals surface area contributed by atoms with Gasteiger partial charge in [0.05, 0.1) is 24.0 Å². The van der Waals surface area contributed by atoms with Gasteiger partial charge in [0.1, 0.15) is 16.9 Å². The van der Waals surface area contributed by atoms with Crippen LogP contribution in [-0.4, -0.2) is 14.5 Å². The summed E-state index contributed by atoms with van der Waals surface area (Å²) in [5.74, 6) is 0.210. The second kappa shape index (κ2) is 7.59. The van der Waals surface area contributed by atoms with Crippen molar-refractivity contribution < 1.29 is 8.81 Å². The van der Waals surface area contributed by atoms with E-state index < -0.39 is 0 Å². The van der Waals surface area contributed by atoms with Crippen molar-refractivity contribution >= 4 is 21.6 Å². The molecule has 31 heavy (non-hydrogen) atoms. The summed E-state index contributed by atoms with van der Waals surface area (Å²) in [5.41, 5.74) is 5.18. The molecular weight excluding hydrogens is 413 g/mol. The van der Waals surface area contributed by atoms with E-state index in [2.05, 4.69) is 16.0 Å². The molecule has 5 aromatic rings. The van der Waals surface area contributed by atoms with Gasteiger partial charge in [-0.05, 0) is 43.2 Å². The summed E-state index contributed by atoms with van der Waals surface area (Å²) in [4.78, 5) is 22.9. The van der Waals surface area contributed by atoms with Crippen LogP contribution in [0.2, 0.25) is 0 Å². The van der Waals surface area contributed by atoms with Crippen LogP contribution in [0, 0.1) is 19.7 Å². The van der Waals surface area contributed by atoms with E-state index >= 15 is 0 Å². The molecule has 7 heteroatoms. The van der Waals surface area contributed by atoms with Gasteiger partial charge in [-0.1, -0.05) is 29.8 Å². The van der Waals surface area contributed by atoms with Crippen molar-refractivity contribution in [3.8, 4) is 22.6 Å².